The summed E-state index contributed by atoms with van der Waals surface area (Å²) in [6.45, 7) is 4.25. The standard InChI is InChI=1S/C25H25F3N8O3/c1-2-13-35-22(37)19-14-31-23(32-16-3-5-17(6-4-16)38-15-25(26,27)28)34-21(19)36(35)20-9-12-30-24(33-20)39-18-7-10-29-11-8-18/h2-6,9,12,14,18,29H,1,7-8,10-11,13,15H2,(H,31,32,34). The average molecular weight is 543 g/mol. The molecule has 5 rings (SSSR count). The minimum Gasteiger partial charge on any atom is -0.484 e. The van der Waals surface area contributed by atoms with E-state index in [0.29, 0.717) is 11.5 Å². The van der Waals surface area contributed by atoms with E-state index in [-0.39, 0.29) is 46.9 Å². The van der Waals surface area contributed by atoms with Crippen molar-refractivity contribution in [3.8, 4) is 17.6 Å². The average Bonchev–Trinajstić information content (AvgIpc) is 3.19. The maximum Gasteiger partial charge on any atom is 0.422 e. The summed E-state index contributed by atoms with van der Waals surface area (Å²) in [6.07, 6.45) is 1.76. The summed E-state index contributed by atoms with van der Waals surface area (Å²) in [5.74, 6) is 0.603. The molecule has 0 amide bonds. The van der Waals surface area contributed by atoms with E-state index < -0.39 is 12.8 Å². The number of ether oxygens (including phenoxy) is 2. The van der Waals surface area contributed by atoms with Crippen LogP contribution in [-0.2, 0) is 6.54 Å². The number of piperidine rings is 1. The van der Waals surface area contributed by atoms with E-state index in [4.69, 9.17) is 9.47 Å². The first-order valence-electron chi connectivity index (χ1n) is 12.2. The molecule has 1 aromatic carbocycles. The Balaban J connectivity index is 1.45. The first-order chi connectivity index (χ1) is 18.8. The van der Waals surface area contributed by atoms with Gasteiger partial charge in [-0.25, -0.2) is 19.3 Å². The normalized spacial score (nSPS) is 14.3. The van der Waals surface area contributed by atoms with Crippen molar-refractivity contribution in [3.63, 3.8) is 0 Å². The molecular formula is C25H25F3N8O3. The summed E-state index contributed by atoms with van der Waals surface area (Å²) >= 11 is 0. The van der Waals surface area contributed by atoms with Crippen molar-refractivity contribution in [3.05, 3.63) is 65.7 Å². The fraction of sp³-hybridized carbons (Fsp3) is 0.320. The van der Waals surface area contributed by atoms with E-state index >= 15 is 0 Å². The third-order valence-corrected chi connectivity index (χ3v) is 5.88. The Bertz CT molecular complexity index is 1510. The van der Waals surface area contributed by atoms with Gasteiger partial charge in [0.2, 0.25) is 5.95 Å². The number of hydrogen-bond donors (Lipinski definition) is 2. The van der Waals surface area contributed by atoms with Gasteiger partial charge in [-0.05, 0) is 50.2 Å². The van der Waals surface area contributed by atoms with Gasteiger partial charge in [-0.1, -0.05) is 6.08 Å². The molecule has 0 radical (unpaired) electrons. The van der Waals surface area contributed by atoms with Crippen LogP contribution in [0.25, 0.3) is 16.9 Å². The predicted octanol–water partition coefficient (Wildman–Crippen LogP) is 3.37. The molecule has 3 aromatic heterocycles. The fourth-order valence-corrected chi connectivity index (χ4v) is 4.11. The predicted molar refractivity (Wildman–Crippen MR) is 137 cm³/mol. The summed E-state index contributed by atoms with van der Waals surface area (Å²) < 4.78 is 50.9. The summed E-state index contributed by atoms with van der Waals surface area (Å²) in [4.78, 5) is 30.7. The maximum absolute atomic E-state index is 13.2. The number of allylic oxidation sites excluding steroid dienone is 1. The molecule has 11 nitrogen and oxygen atoms in total. The van der Waals surface area contributed by atoms with E-state index in [2.05, 4.69) is 37.1 Å². The minimum atomic E-state index is -4.43. The van der Waals surface area contributed by atoms with Gasteiger partial charge in [0.1, 0.15) is 17.2 Å². The van der Waals surface area contributed by atoms with E-state index in [1.165, 1.54) is 35.1 Å². The molecule has 0 atom stereocenters. The third-order valence-electron chi connectivity index (χ3n) is 5.88. The molecule has 14 heteroatoms. The molecule has 0 saturated carbocycles. The summed E-state index contributed by atoms with van der Waals surface area (Å²) in [5.41, 5.74) is 0.464. The zero-order valence-electron chi connectivity index (χ0n) is 20.7. The Labute approximate surface area is 220 Å². The number of fused-ring (bicyclic) bond motifs is 1. The highest BCUT2D eigenvalue weighted by atomic mass is 19.4. The van der Waals surface area contributed by atoms with Crippen molar-refractivity contribution in [1.29, 1.82) is 0 Å². The molecule has 1 fully saturated rings. The molecular weight excluding hydrogens is 517 g/mol. The van der Waals surface area contributed by atoms with Crippen LogP contribution in [-0.4, -0.2) is 61.3 Å². The molecule has 39 heavy (non-hydrogen) atoms. The third kappa shape index (κ3) is 6.17. The first kappa shape index (κ1) is 26.2. The first-order valence-corrected chi connectivity index (χ1v) is 12.2. The summed E-state index contributed by atoms with van der Waals surface area (Å²) in [7, 11) is 0. The van der Waals surface area contributed by atoms with Crippen LogP contribution in [0.2, 0.25) is 0 Å². The van der Waals surface area contributed by atoms with Crippen LogP contribution < -0.4 is 25.7 Å². The molecule has 1 aliphatic heterocycles. The van der Waals surface area contributed by atoms with E-state index in [1.54, 1.807) is 23.0 Å². The Morgan fingerprint density at radius 1 is 1.13 bits per heavy atom. The van der Waals surface area contributed by atoms with Gasteiger partial charge in [-0.2, -0.15) is 23.1 Å². The van der Waals surface area contributed by atoms with Gasteiger partial charge in [-0.3, -0.25) is 4.79 Å². The monoisotopic (exact) mass is 542 g/mol. The molecule has 4 heterocycles. The van der Waals surface area contributed by atoms with Crippen LogP contribution in [0.4, 0.5) is 24.8 Å². The second-order valence-corrected chi connectivity index (χ2v) is 8.74. The number of aromatic nitrogens is 6. The van der Waals surface area contributed by atoms with Crippen LogP contribution in [0.1, 0.15) is 12.8 Å². The quantitative estimate of drug-likeness (QED) is 0.307. The summed E-state index contributed by atoms with van der Waals surface area (Å²) in [5, 5.41) is 6.53. The van der Waals surface area contributed by atoms with Gasteiger partial charge in [0.05, 0.1) is 6.54 Å². The number of nitrogens with one attached hydrogen (secondary N) is 2. The second kappa shape index (κ2) is 11.1. The molecule has 2 N–H and O–H groups in total. The van der Waals surface area contributed by atoms with Crippen LogP contribution >= 0.6 is 0 Å². The number of hydrogen-bond acceptors (Lipinski definition) is 9. The highest BCUT2D eigenvalue weighted by Gasteiger charge is 2.28. The van der Waals surface area contributed by atoms with Gasteiger partial charge in [-0.15, -0.1) is 6.58 Å². The van der Waals surface area contributed by atoms with Crippen LogP contribution in [0.3, 0.4) is 0 Å². The lowest BCUT2D eigenvalue weighted by Crippen LogP contribution is -2.34. The van der Waals surface area contributed by atoms with Crippen molar-refractivity contribution in [2.75, 3.05) is 25.0 Å². The van der Waals surface area contributed by atoms with Crippen LogP contribution in [0.15, 0.2) is 60.2 Å². The molecule has 0 aliphatic carbocycles. The molecule has 1 saturated heterocycles. The van der Waals surface area contributed by atoms with Crippen molar-refractivity contribution < 1.29 is 22.6 Å². The maximum atomic E-state index is 13.2. The van der Waals surface area contributed by atoms with Crippen LogP contribution in [0.5, 0.6) is 11.8 Å². The lowest BCUT2D eigenvalue weighted by Gasteiger charge is -2.22. The van der Waals surface area contributed by atoms with E-state index in [9.17, 15) is 18.0 Å². The van der Waals surface area contributed by atoms with Gasteiger partial charge in [0, 0.05) is 24.1 Å². The summed E-state index contributed by atoms with van der Waals surface area (Å²) in [6, 6.07) is 7.69. The van der Waals surface area contributed by atoms with Crippen molar-refractivity contribution in [2.24, 2.45) is 0 Å². The SMILES string of the molecule is C=CCn1c(=O)c2cnc(Nc3ccc(OCC(F)(F)F)cc3)nc2n1-c1ccnc(OC2CCNCC2)n1. The molecule has 4 aromatic rings. The zero-order chi connectivity index (χ0) is 27.4. The van der Waals surface area contributed by atoms with Crippen molar-refractivity contribution in [2.45, 2.75) is 31.7 Å². The van der Waals surface area contributed by atoms with E-state index in [0.717, 1.165) is 25.9 Å². The molecule has 0 spiro atoms. The number of rotatable bonds is 9. The Morgan fingerprint density at radius 3 is 2.62 bits per heavy atom. The van der Waals surface area contributed by atoms with Crippen molar-refractivity contribution >= 4 is 22.7 Å². The second-order valence-electron chi connectivity index (χ2n) is 8.74. The number of alkyl halides is 3. The van der Waals surface area contributed by atoms with Gasteiger partial charge >= 0.3 is 12.2 Å². The molecule has 204 valence electrons. The van der Waals surface area contributed by atoms with Crippen LogP contribution in [0, 0.1) is 0 Å². The van der Waals surface area contributed by atoms with Gasteiger partial charge in [0.25, 0.3) is 5.56 Å². The number of nitrogens with zero attached hydrogens (tertiary/aromatic N) is 6. The Morgan fingerprint density at radius 2 is 1.90 bits per heavy atom. The molecule has 0 bridgehead atoms. The van der Waals surface area contributed by atoms with Gasteiger partial charge < -0.3 is 20.1 Å². The Kier molecular flexibility index (Phi) is 7.45. The Hall–Kier alpha value is -4.46. The van der Waals surface area contributed by atoms with Gasteiger partial charge in [0.15, 0.2) is 18.1 Å². The molecule has 1 aliphatic rings. The lowest BCUT2D eigenvalue weighted by molar-refractivity contribution is -0.153. The smallest absolute Gasteiger partial charge is 0.422 e. The largest absolute Gasteiger partial charge is 0.484 e. The topological polar surface area (TPSA) is 121 Å². The number of halogens is 3. The minimum absolute atomic E-state index is 0.0124. The number of anilines is 2. The highest BCUT2D eigenvalue weighted by Crippen LogP contribution is 2.23. The lowest BCUT2D eigenvalue weighted by atomic mass is 10.1. The fourth-order valence-electron chi connectivity index (χ4n) is 4.11. The van der Waals surface area contributed by atoms with E-state index in [1.807, 2.05) is 0 Å². The highest BCUT2D eigenvalue weighted by molar-refractivity contribution is 5.77. The number of benzene rings is 1. The van der Waals surface area contributed by atoms with Crippen molar-refractivity contribution in [1.82, 2.24) is 34.6 Å². The zero-order valence-corrected chi connectivity index (χ0v) is 20.7. The molecule has 0 unspecified atom stereocenters.